The lowest BCUT2D eigenvalue weighted by Crippen LogP contribution is -2.47. The molecule has 0 aliphatic rings. The van der Waals surface area contributed by atoms with Crippen molar-refractivity contribution in [1.82, 2.24) is 0 Å². The summed E-state index contributed by atoms with van der Waals surface area (Å²) < 4.78 is 29.5. The van der Waals surface area contributed by atoms with E-state index in [2.05, 4.69) is 38.5 Å². The van der Waals surface area contributed by atoms with Crippen LogP contribution >= 0.6 is 7.82 Å². The molecule has 0 spiro atoms. The zero-order valence-corrected chi connectivity index (χ0v) is 14.8. The van der Waals surface area contributed by atoms with Crippen LogP contribution in [0, 0.1) is 0 Å². The number of hydrogen-bond acceptors (Lipinski definition) is 8. The fourth-order valence-electron chi connectivity index (χ4n) is 1.06. The first-order valence-corrected chi connectivity index (χ1v) is 8.09. The van der Waals surface area contributed by atoms with Crippen LogP contribution in [-0.2, 0) is 37.7 Å². The Balaban J connectivity index is 5.86. The Labute approximate surface area is 143 Å². The summed E-state index contributed by atoms with van der Waals surface area (Å²) in [6.45, 7) is 12.4. The van der Waals surface area contributed by atoms with Crippen LogP contribution in [0.25, 0.3) is 0 Å². The Morgan fingerprint density at radius 1 is 0.880 bits per heavy atom. The molecule has 0 saturated heterocycles. The molecule has 0 aliphatic heterocycles. The predicted octanol–water partition coefficient (Wildman–Crippen LogP) is 1.11. The molecular weight excluding hydrogens is 359 g/mol. The minimum absolute atomic E-state index is 0.0810. The molecule has 0 radical (unpaired) electrons. The third-order valence-corrected chi connectivity index (χ3v) is 2.70. The van der Waals surface area contributed by atoms with E-state index in [0.717, 1.165) is 0 Å². The molecule has 0 rings (SSSR count). The highest BCUT2D eigenvalue weighted by Crippen LogP contribution is 2.43. The molecule has 140 valence electrons. The second kappa shape index (κ2) is 8.72. The Hall–Kier alpha value is -2.26. The summed E-state index contributed by atoms with van der Waals surface area (Å²) >= 11 is 0. The third-order valence-electron chi connectivity index (χ3n) is 2.18. The van der Waals surface area contributed by atoms with Gasteiger partial charge in [0.15, 0.2) is 6.61 Å². The van der Waals surface area contributed by atoms with Gasteiger partial charge >= 0.3 is 31.7 Å². The van der Waals surface area contributed by atoms with Crippen molar-refractivity contribution in [2.45, 2.75) is 26.7 Å². The lowest BCUT2D eigenvalue weighted by molar-refractivity contribution is -0.324. The molecule has 0 unspecified atom stereocenters. The zero-order valence-electron chi connectivity index (χ0n) is 13.9. The van der Waals surface area contributed by atoms with Gasteiger partial charge in [-0.3, -0.25) is 0 Å². The van der Waals surface area contributed by atoms with Crippen LogP contribution in [0.5, 0.6) is 0 Å². The average Bonchev–Trinajstić information content (AvgIpc) is 2.42. The van der Waals surface area contributed by atoms with Crippen molar-refractivity contribution < 1.29 is 47.5 Å². The topological polar surface area (TPSA) is 146 Å². The highest BCUT2D eigenvalue weighted by atomic mass is 31.2. The molecule has 10 nitrogen and oxygen atoms in total. The van der Waals surface area contributed by atoms with Gasteiger partial charge in [0, 0.05) is 16.7 Å². The quantitative estimate of drug-likeness (QED) is 0.259. The molecule has 0 fully saturated rings. The number of phosphoric ester groups is 1. The van der Waals surface area contributed by atoms with Gasteiger partial charge in [0.25, 0.3) is 0 Å². The van der Waals surface area contributed by atoms with Gasteiger partial charge in [0.05, 0.1) is 0 Å². The summed E-state index contributed by atoms with van der Waals surface area (Å²) in [5, 5.41) is 0. The molecule has 0 saturated carbocycles. The van der Waals surface area contributed by atoms with Crippen LogP contribution < -0.4 is 0 Å². The number of carbonyl (C=O) groups is 3. The first-order valence-electron chi connectivity index (χ1n) is 6.56. The van der Waals surface area contributed by atoms with Crippen LogP contribution in [0.15, 0.2) is 36.5 Å². The van der Waals surface area contributed by atoms with Gasteiger partial charge in [0.1, 0.15) is 0 Å². The third kappa shape index (κ3) is 8.41. The minimum Gasteiger partial charge on any atom is -0.451 e. The SMILES string of the molecule is C=C(C)C(=O)OCC(OC(=O)C(=C)C)(OC(=O)C(=C)C)OP(=O)(O)O. The number of esters is 3. The second-order valence-electron chi connectivity index (χ2n) is 4.96. The lowest BCUT2D eigenvalue weighted by atomic mass is 10.3. The number of ether oxygens (including phenoxy) is 3. The molecule has 2 N–H and O–H groups in total. The molecule has 0 heterocycles. The van der Waals surface area contributed by atoms with Gasteiger partial charge in [-0.15, -0.1) is 0 Å². The average molecular weight is 378 g/mol. The number of phosphoric acid groups is 1. The minimum atomic E-state index is -5.37. The van der Waals surface area contributed by atoms with Crippen molar-refractivity contribution >= 4 is 25.7 Å². The number of carbonyl (C=O) groups excluding carboxylic acids is 3. The van der Waals surface area contributed by atoms with E-state index in [9.17, 15) is 18.9 Å². The smallest absolute Gasteiger partial charge is 0.451 e. The molecule has 0 aromatic rings. The second-order valence-corrected chi connectivity index (χ2v) is 6.12. The first kappa shape index (κ1) is 22.7. The van der Waals surface area contributed by atoms with Crippen molar-refractivity contribution in [3.63, 3.8) is 0 Å². The molecule has 0 amide bonds. The largest absolute Gasteiger partial charge is 0.475 e. The maximum Gasteiger partial charge on any atom is 0.475 e. The van der Waals surface area contributed by atoms with E-state index in [1.54, 1.807) is 0 Å². The van der Waals surface area contributed by atoms with E-state index in [0.29, 0.717) is 0 Å². The van der Waals surface area contributed by atoms with Crippen molar-refractivity contribution in [3.8, 4) is 0 Å². The maximum atomic E-state index is 11.7. The number of hydrogen-bond donors (Lipinski definition) is 2. The summed E-state index contributed by atoms with van der Waals surface area (Å²) in [6, 6.07) is 0. The van der Waals surface area contributed by atoms with Crippen molar-refractivity contribution in [2.75, 3.05) is 6.61 Å². The number of rotatable bonds is 9. The zero-order chi connectivity index (χ0) is 20.0. The summed E-state index contributed by atoms with van der Waals surface area (Å²) in [5.74, 6) is -6.53. The fourth-order valence-corrected chi connectivity index (χ4v) is 1.55. The van der Waals surface area contributed by atoms with Gasteiger partial charge < -0.3 is 24.0 Å². The molecule has 0 aromatic heterocycles. The molecule has 0 aromatic carbocycles. The molecule has 25 heavy (non-hydrogen) atoms. The lowest BCUT2D eigenvalue weighted by Gasteiger charge is -2.31. The summed E-state index contributed by atoms with van der Waals surface area (Å²) in [4.78, 5) is 53.1. The molecular formula is C14H19O10P. The predicted molar refractivity (Wildman–Crippen MR) is 83.4 cm³/mol. The van der Waals surface area contributed by atoms with E-state index in [-0.39, 0.29) is 16.7 Å². The molecule has 0 bridgehead atoms. The highest BCUT2D eigenvalue weighted by molar-refractivity contribution is 7.46. The van der Waals surface area contributed by atoms with E-state index in [1.807, 2.05) is 0 Å². The highest BCUT2D eigenvalue weighted by Gasteiger charge is 2.48. The Morgan fingerprint density at radius 2 is 1.24 bits per heavy atom. The van der Waals surface area contributed by atoms with E-state index in [4.69, 9.17) is 9.79 Å². The maximum absolute atomic E-state index is 11.7. The van der Waals surface area contributed by atoms with Crippen LogP contribution in [0.3, 0.4) is 0 Å². The van der Waals surface area contributed by atoms with E-state index < -0.39 is 38.3 Å². The standard InChI is InChI=1S/C14H19O10P/c1-8(2)11(15)21-7-14(24-25(18,19)20,22-12(16)9(3)4)23-13(17)10(5)6/h1,3,5,7H2,2,4,6H3,(H2,18,19,20). The van der Waals surface area contributed by atoms with Gasteiger partial charge in [-0.2, -0.15) is 0 Å². The fraction of sp³-hybridized carbons (Fsp3) is 0.357. The Kier molecular flexibility index (Phi) is 7.94. The summed E-state index contributed by atoms with van der Waals surface area (Å²) in [5.41, 5.74) is -0.505. The summed E-state index contributed by atoms with van der Waals surface area (Å²) in [6.07, 6.45) is 0. The van der Waals surface area contributed by atoms with E-state index in [1.165, 1.54) is 20.8 Å². The van der Waals surface area contributed by atoms with Gasteiger partial charge in [-0.05, 0) is 20.8 Å². The van der Waals surface area contributed by atoms with Gasteiger partial charge in [0.2, 0.25) is 0 Å². The summed E-state index contributed by atoms with van der Waals surface area (Å²) in [7, 11) is -5.37. The first-order chi connectivity index (χ1) is 11.2. The van der Waals surface area contributed by atoms with Crippen LogP contribution in [0.2, 0.25) is 0 Å². The van der Waals surface area contributed by atoms with Crippen LogP contribution in [-0.4, -0.2) is 40.3 Å². The monoisotopic (exact) mass is 378 g/mol. The van der Waals surface area contributed by atoms with Gasteiger partial charge in [-0.25, -0.2) is 23.5 Å². The Bertz CT molecular complexity index is 629. The van der Waals surface area contributed by atoms with E-state index >= 15 is 0 Å². The van der Waals surface area contributed by atoms with Crippen LogP contribution in [0.1, 0.15) is 20.8 Å². The Morgan fingerprint density at radius 3 is 1.52 bits per heavy atom. The molecule has 0 atom stereocenters. The molecule has 11 heteroatoms. The van der Waals surface area contributed by atoms with Crippen LogP contribution in [0.4, 0.5) is 0 Å². The van der Waals surface area contributed by atoms with Crippen molar-refractivity contribution in [2.24, 2.45) is 0 Å². The van der Waals surface area contributed by atoms with Crippen molar-refractivity contribution in [1.29, 1.82) is 0 Å². The van der Waals surface area contributed by atoms with Crippen molar-refractivity contribution in [3.05, 3.63) is 36.5 Å². The van der Waals surface area contributed by atoms with Gasteiger partial charge in [-0.1, -0.05) is 19.7 Å². The normalized spacial score (nSPS) is 11.2. The molecule has 0 aliphatic carbocycles.